The van der Waals surface area contributed by atoms with Crippen molar-refractivity contribution in [2.75, 3.05) is 28.2 Å². The zero-order valence-electron chi connectivity index (χ0n) is 16.7. The van der Waals surface area contributed by atoms with Crippen LogP contribution in [0.4, 0.5) is 21.9 Å². The van der Waals surface area contributed by atoms with E-state index in [1.54, 1.807) is 28.1 Å². The molecular formula is C25H20N4O2. The molecule has 0 radical (unpaired) electrons. The molecule has 6 nitrogen and oxygen atoms in total. The standard InChI is InChI=1S/C25H20N4O2/c30-24(27-22-10-4-6-18-7-5-15-26-23(18)22)19-11-13-21(14-12-19)29-17-16-28(25(29)31)20-8-2-1-3-9-20/h1-15H,16-17H2,(H,27,30). The molecule has 1 saturated heterocycles. The summed E-state index contributed by atoms with van der Waals surface area (Å²) >= 11 is 0. The van der Waals surface area contributed by atoms with Crippen molar-refractivity contribution in [3.8, 4) is 0 Å². The first-order valence-corrected chi connectivity index (χ1v) is 10.1. The number of rotatable bonds is 4. The van der Waals surface area contributed by atoms with Crippen LogP contribution in [0.1, 0.15) is 10.4 Å². The van der Waals surface area contributed by atoms with Crippen molar-refractivity contribution in [3.05, 3.63) is 96.7 Å². The Kier molecular flexibility index (Phi) is 4.80. The summed E-state index contributed by atoms with van der Waals surface area (Å²) in [6, 6.07) is 26.2. The molecule has 1 N–H and O–H groups in total. The lowest BCUT2D eigenvalue weighted by molar-refractivity contribution is 0.102. The summed E-state index contributed by atoms with van der Waals surface area (Å²) in [7, 11) is 0. The molecule has 6 heteroatoms. The number of nitrogens with one attached hydrogen (secondary N) is 1. The predicted molar refractivity (Wildman–Crippen MR) is 123 cm³/mol. The molecule has 31 heavy (non-hydrogen) atoms. The summed E-state index contributed by atoms with van der Waals surface area (Å²) in [5.74, 6) is -0.219. The first-order valence-electron chi connectivity index (χ1n) is 10.1. The molecule has 0 unspecified atom stereocenters. The average Bonchev–Trinajstić information content (AvgIpc) is 3.21. The van der Waals surface area contributed by atoms with Crippen LogP contribution in [0.5, 0.6) is 0 Å². The van der Waals surface area contributed by atoms with Gasteiger partial charge in [-0.25, -0.2) is 4.79 Å². The Bertz CT molecular complexity index is 1250. The summed E-state index contributed by atoms with van der Waals surface area (Å²) in [5.41, 5.74) is 3.59. The zero-order chi connectivity index (χ0) is 21.2. The second kappa shape index (κ2) is 7.91. The van der Waals surface area contributed by atoms with Crippen LogP contribution in [0, 0.1) is 0 Å². The maximum Gasteiger partial charge on any atom is 0.329 e. The molecule has 4 aromatic rings. The Balaban J connectivity index is 1.32. The van der Waals surface area contributed by atoms with Crippen molar-refractivity contribution in [2.45, 2.75) is 0 Å². The highest BCUT2D eigenvalue weighted by atomic mass is 16.2. The largest absolute Gasteiger partial charge is 0.329 e. The van der Waals surface area contributed by atoms with Gasteiger partial charge in [-0.3, -0.25) is 19.6 Å². The van der Waals surface area contributed by atoms with Crippen LogP contribution >= 0.6 is 0 Å². The van der Waals surface area contributed by atoms with E-state index in [2.05, 4.69) is 10.3 Å². The fourth-order valence-corrected chi connectivity index (χ4v) is 3.82. The first-order chi connectivity index (χ1) is 15.2. The molecule has 3 aromatic carbocycles. The van der Waals surface area contributed by atoms with Gasteiger partial charge in [0.15, 0.2) is 0 Å². The fraction of sp³-hybridized carbons (Fsp3) is 0.0800. The van der Waals surface area contributed by atoms with Crippen LogP contribution in [0.3, 0.4) is 0 Å². The van der Waals surface area contributed by atoms with Gasteiger partial charge < -0.3 is 5.32 Å². The number of aromatic nitrogens is 1. The van der Waals surface area contributed by atoms with Gasteiger partial charge in [0.1, 0.15) is 0 Å². The number of fused-ring (bicyclic) bond motifs is 1. The normalized spacial score (nSPS) is 13.6. The summed E-state index contributed by atoms with van der Waals surface area (Å²) in [6.07, 6.45) is 1.71. The lowest BCUT2D eigenvalue weighted by Gasteiger charge is -2.19. The molecular weight excluding hydrogens is 388 g/mol. The minimum Gasteiger partial charge on any atom is -0.320 e. The number of hydrogen-bond donors (Lipinski definition) is 1. The van der Waals surface area contributed by atoms with Crippen molar-refractivity contribution in [3.63, 3.8) is 0 Å². The van der Waals surface area contributed by atoms with E-state index in [0.717, 1.165) is 22.3 Å². The van der Waals surface area contributed by atoms with Gasteiger partial charge in [0.2, 0.25) is 0 Å². The van der Waals surface area contributed by atoms with Gasteiger partial charge in [0.25, 0.3) is 5.91 Å². The zero-order valence-corrected chi connectivity index (χ0v) is 16.7. The Morgan fingerprint density at radius 3 is 2.19 bits per heavy atom. The third kappa shape index (κ3) is 3.59. The van der Waals surface area contributed by atoms with Crippen molar-refractivity contribution in [1.82, 2.24) is 4.98 Å². The maximum absolute atomic E-state index is 12.9. The number of benzene rings is 3. The molecule has 1 aliphatic rings. The monoisotopic (exact) mass is 408 g/mol. The second-order valence-electron chi connectivity index (χ2n) is 7.30. The molecule has 1 aromatic heterocycles. The molecule has 1 aliphatic heterocycles. The predicted octanol–water partition coefficient (Wildman–Crippen LogP) is 4.93. The molecule has 0 aliphatic carbocycles. The Morgan fingerprint density at radius 2 is 1.45 bits per heavy atom. The first kappa shape index (κ1) is 18.8. The van der Waals surface area contributed by atoms with Crippen LogP contribution in [0.15, 0.2) is 91.1 Å². The van der Waals surface area contributed by atoms with Crippen molar-refractivity contribution >= 4 is 39.9 Å². The molecule has 3 amide bonds. The molecule has 1 fully saturated rings. The van der Waals surface area contributed by atoms with Crippen molar-refractivity contribution in [1.29, 1.82) is 0 Å². The van der Waals surface area contributed by atoms with Crippen molar-refractivity contribution in [2.24, 2.45) is 0 Å². The Hall–Kier alpha value is -4.19. The number of pyridine rings is 1. The Labute approximate surface area is 179 Å². The summed E-state index contributed by atoms with van der Waals surface area (Å²) in [5, 5.41) is 3.90. The van der Waals surface area contributed by atoms with Gasteiger partial charge in [-0.1, -0.05) is 36.4 Å². The molecule has 152 valence electrons. The van der Waals surface area contributed by atoms with E-state index >= 15 is 0 Å². The fourth-order valence-electron chi connectivity index (χ4n) is 3.82. The van der Waals surface area contributed by atoms with Gasteiger partial charge in [0, 0.05) is 41.6 Å². The lowest BCUT2D eigenvalue weighted by Crippen LogP contribution is -2.31. The molecule has 0 atom stereocenters. The third-order valence-corrected chi connectivity index (χ3v) is 5.40. The van der Waals surface area contributed by atoms with E-state index in [0.29, 0.717) is 24.3 Å². The Morgan fingerprint density at radius 1 is 0.774 bits per heavy atom. The van der Waals surface area contributed by atoms with Gasteiger partial charge in [-0.2, -0.15) is 0 Å². The second-order valence-corrected chi connectivity index (χ2v) is 7.30. The number of para-hydroxylation sites is 2. The minimum atomic E-state index is -0.219. The van der Waals surface area contributed by atoms with Gasteiger partial charge in [-0.15, -0.1) is 0 Å². The van der Waals surface area contributed by atoms with Crippen LogP contribution in [0.25, 0.3) is 10.9 Å². The lowest BCUT2D eigenvalue weighted by atomic mass is 10.1. The number of urea groups is 1. The smallest absolute Gasteiger partial charge is 0.320 e. The summed E-state index contributed by atoms with van der Waals surface area (Å²) in [6.45, 7) is 1.22. The van der Waals surface area contributed by atoms with Crippen molar-refractivity contribution < 1.29 is 9.59 Å². The van der Waals surface area contributed by atoms with E-state index in [9.17, 15) is 9.59 Å². The van der Waals surface area contributed by atoms with Gasteiger partial charge in [-0.05, 0) is 48.5 Å². The summed E-state index contributed by atoms with van der Waals surface area (Å²) < 4.78 is 0. The highest BCUT2D eigenvalue weighted by Gasteiger charge is 2.30. The van der Waals surface area contributed by atoms with E-state index in [-0.39, 0.29) is 11.9 Å². The maximum atomic E-state index is 12.9. The number of carbonyl (C=O) groups is 2. The highest BCUT2D eigenvalue weighted by Crippen LogP contribution is 2.26. The van der Waals surface area contributed by atoms with E-state index in [4.69, 9.17) is 0 Å². The highest BCUT2D eigenvalue weighted by molar-refractivity contribution is 6.09. The minimum absolute atomic E-state index is 0.0646. The SMILES string of the molecule is O=C(Nc1cccc2cccnc12)c1ccc(N2CCN(c3ccccc3)C2=O)cc1. The molecule has 0 spiro atoms. The topological polar surface area (TPSA) is 65.5 Å². The quantitative estimate of drug-likeness (QED) is 0.520. The van der Waals surface area contributed by atoms with Crippen LogP contribution < -0.4 is 15.1 Å². The van der Waals surface area contributed by atoms with E-state index < -0.39 is 0 Å². The number of anilines is 3. The molecule has 5 rings (SSSR count). The van der Waals surface area contributed by atoms with Crippen LogP contribution in [0.2, 0.25) is 0 Å². The van der Waals surface area contributed by atoms with Crippen LogP contribution in [-0.2, 0) is 0 Å². The van der Waals surface area contributed by atoms with E-state index in [1.807, 2.05) is 72.8 Å². The van der Waals surface area contributed by atoms with E-state index in [1.165, 1.54) is 0 Å². The number of carbonyl (C=O) groups excluding carboxylic acids is 2. The van der Waals surface area contributed by atoms with Crippen LogP contribution in [-0.4, -0.2) is 30.0 Å². The molecule has 0 bridgehead atoms. The number of amides is 3. The number of nitrogens with zero attached hydrogens (tertiary/aromatic N) is 3. The van der Waals surface area contributed by atoms with Gasteiger partial charge >= 0.3 is 6.03 Å². The molecule has 0 saturated carbocycles. The van der Waals surface area contributed by atoms with Gasteiger partial charge in [0.05, 0.1) is 11.2 Å². The average molecular weight is 408 g/mol. The number of hydrogen-bond acceptors (Lipinski definition) is 3. The molecule has 2 heterocycles. The summed E-state index contributed by atoms with van der Waals surface area (Å²) in [4.78, 5) is 33.5. The third-order valence-electron chi connectivity index (χ3n) is 5.40.